The number of thiocarbonyl (C=S) groups is 1. The zero-order valence-corrected chi connectivity index (χ0v) is 16.8. The smallest absolute Gasteiger partial charge is 0.288 e. The molecule has 0 aliphatic carbocycles. The molecule has 0 aliphatic heterocycles. The van der Waals surface area contributed by atoms with E-state index in [4.69, 9.17) is 35.4 Å². The van der Waals surface area contributed by atoms with Crippen molar-refractivity contribution in [2.75, 3.05) is 5.32 Å². The SMILES string of the molecule is Cc1ccc(NC(=S)C(=C(O)c2ccc(Cl)c(Cl)c2)[n+]2ccccc2)cc1. The Hall–Kier alpha value is -2.40. The maximum Gasteiger partial charge on any atom is 0.288 e. The summed E-state index contributed by atoms with van der Waals surface area (Å²) in [5.74, 6) is -0.00521. The Morgan fingerprint density at radius 3 is 2.26 bits per heavy atom. The molecule has 0 bridgehead atoms. The van der Waals surface area contributed by atoms with Gasteiger partial charge in [0.2, 0.25) is 0 Å². The number of nitrogens with zero attached hydrogens (tertiary/aromatic N) is 1. The predicted molar refractivity (Wildman–Crippen MR) is 116 cm³/mol. The highest BCUT2D eigenvalue weighted by atomic mass is 35.5. The van der Waals surface area contributed by atoms with E-state index in [1.807, 2.05) is 61.8 Å². The Morgan fingerprint density at radius 2 is 1.63 bits per heavy atom. The molecule has 0 amide bonds. The molecule has 0 aliphatic rings. The highest BCUT2D eigenvalue weighted by Crippen LogP contribution is 2.27. The Balaban J connectivity index is 2.06. The van der Waals surface area contributed by atoms with Crippen molar-refractivity contribution >= 4 is 57.6 Å². The van der Waals surface area contributed by atoms with Crippen LogP contribution in [0.25, 0.3) is 11.5 Å². The zero-order chi connectivity index (χ0) is 19.4. The van der Waals surface area contributed by atoms with E-state index in [0.29, 0.717) is 26.3 Å². The van der Waals surface area contributed by atoms with Crippen LogP contribution in [-0.4, -0.2) is 10.1 Å². The van der Waals surface area contributed by atoms with Crippen LogP contribution in [0, 0.1) is 6.92 Å². The number of benzene rings is 2. The van der Waals surface area contributed by atoms with Gasteiger partial charge in [-0.05, 0) is 37.3 Å². The van der Waals surface area contributed by atoms with Crippen LogP contribution in [0.3, 0.4) is 0 Å². The maximum absolute atomic E-state index is 11.0. The van der Waals surface area contributed by atoms with Crippen molar-refractivity contribution in [1.82, 2.24) is 0 Å². The molecule has 3 rings (SSSR count). The molecule has 136 valence electrons. The summed E-state index contributed by atoms with van der Waals surface area (Å²) in [7, 11) is 0. The first-order chi connectivity index (χ1) is 13.0. The number of aliphatic hydroxyl groups excluding tert-OH is 1. The number of hydrogen-bond donors (Lipinski definition) is 2. The van der Waals surface area contributed by atoms with E-state index in [2.05, 4.69) is 5.32 Å². The average molecular weight is 416 g/mol. The first kappa shape index (κ1) is 19.4. The normalized spacial score (nSPS) is 11.7. The fourth-order valence-electron chi connectivity index (χ4n) is 2.50. The van der Waals surface area contributed by atoms with Gasteiger partial charge >= 0.3 is 0 Å². The van der Waals surface area contributed by atoms with Gasteiger partial charge in [-0.25, -0.2) is 0 Å². The maximum atomic E-state index is 11.0. The van der Waals surface area contributed by atoms with E-state index in [-0.39, 0.29) is 5.76 Å². The van der Waals surface area contributed by atoms with E-state index in [1.54, 1.807) is 22.8 Å². The monoisotopic (exact) mass is 415 g/mol. The molecule has 0 fully saturated rings. The number of rotatable bonds is 4. The highest BCUT2D eigenvalue weighted by molar-refractivity contribution is 7.81. The zero-order valence-electron chi connectivity index (χ0n) is 14.5. The molecule has 0 radical (unpaired) electrons. The lowest BCUT2D eigenvalue weighted by atomic mass is 10.1. The summed E-state index contributed by atoms with van der Waals surface area (Å²) in [5.41, 5.74) is 2.94. The van der Waals surface area contributed by atoms with Gasteiger partial charge in [-0.3, -0.25) is 0 Å². The topological polar surface area (TPSA) is 36.1 Å². The molecule has 1 aromatic heterocycles. The van der Waals surface area contributed by atoms with E-state index < -0.39 is 0 Å². The minimum atomic E-state index is -0.00521. The van der Waals surface area contributed by atoms with E-state index in [0.717, 1.165) is 11.3 Å². The van der Waals surface area contributed by atoms with E-state index in [1.165, 1.54) is 0 Å². The number of aromatic nitrogens is 1. The fraction of sp³-hybridized carbons (Fsp3) is 0.0476. The summed E-state index contributed by atoms with van der Waals surface area (Å²) in [6, 6.07) is 18.4. The van der Waals surface area contributed by atoms with Crippen molar-refractivity contribution in [3.63, 3.8) is 0 Å². The molecule has 3 aromatic rings. The van der Waals surface area contributed by atoms with Gasteiger partial charge in [-0.1, -0.05) is 59.2 Å². The molecular weight excluding hydrogens is 399 g/mol. The predicted octanol–water partition coefficient (Wildman–Crippen LogP) is 5.91. The molecule has 1 heterocycles. The van der Waals surface area contributed by atoms with Crippen molar-refractivity contribution in [3.8, 4) is 0 Å². The second-order valence-electron chi connectivity index (χ2n) is 5.93. The van der Waals surface area contributed by atoms with Crippen molar-refractivity contribution in [2.45, 2.75) is 6.92 Å². The van der Waals surface area contributed by atoms with Gasteiger partial charge in [-0.15, -0.1) is 0 Å². The number of aryl methyl sites for hydroxylation is 1. The van der Waals surface area contributed by atoms with E-state index >= 15 is 0 Å². The van der Waals surface area contributed by atoms with Crippen molar-refractivity contribution in [2.24, 2.45) is 0 Å². The Bertz CT molecular complexity index is 1000. The number of nitrogens with one attached hydrogen (secondary N) is 1. The van der Waals surface area contributed by atoms with Crippen LogP contribution in [0.4, 0.5) is 5.69 Å². The van der Waals surface area contributed by atoms with Gasteiger partial charge in [0.25, 0.3) is 5.70 Å². The van der Waals surface area contributed by atoms with Crippen LogP contribution in [-0.2, 0) is 0 Å². The van der Waals surface area contributed by atoms with Gasteiger partial charge in [0, 0.05) is 23.4 Å². The first-order valence-electron chi connectivity index (χ1n) is 8.19. The summed E-state index contributed by atoms with van der Waals surface area (Å²) in [5, 5.41) is 14.9. The molecule has 0 saturated heterocycles. The molecule has 3 nitrogen and oxygen atoms in total. The van der Waals surface area contributed by atoms with Crippen molar-refractivity contribution in [1.29, 1.82) is 0 Å². The number of hydrogen-bond acceptors (Lipinski definition) is 2. The van der Waals surface area contributed by atoms with Gasteiger partial charge in [0.1, 0.15) is 0 Å². The molecule has 2 aromatic carbocycles. The molecule has 2 N–H and O–H groups in total. The lowest BCUT2D eigenvalue weighted by Crippen LogP contribution is -2.38. The first-order valence-corrected chi connectivity index (χ1v) is 9.35. The van der Waals surface area contributed by atoms with Gasteiger partial charge in [0.05, 0.1) is 10.0 Å². The fourth-order valence-corrected chi connectivity index (χ4v) is 3.12. The van der Waals surface area contributed by atoms with Gasteiger partial charge in [0.15, 0.2) is 23.1 Å². The Labute approximate surface area is 173 Å². The van der Waals surface area contributed by atoms with Crippen LogP contribution >= 0.6 is 35.4 Å². The molecule has 0 saturated carbocycles. The highest BCUT2D eigenvalue weighted by Gasteiger charge is 2.24. The summed E-state index contributed by atoms with van der Waals surface area (Å²) < 4.78 is 1.75. The average Bonchev–Trinajstić information content (AvgIpc) is 2.67. The molecular formula is C21H17Cl2N2OS+. The summed E-state index contributed by atoms with van der Waals surface area (Å²) in [4.78, 5) is 0.374. The molecule has 0 spiro atoms. The van der Waals surface area contributed by atoms with Crippen LogP contribution < -0.4 is 9.88 Å². The molecule has 0 unspecified atom stereocenters. The Morgan fingerprint density at radius 1 is 0.963 bits per heavy atom. The minimum absolute atomic E-state index is 0.00521. The van der Waals surface area contributed by atoms with E-state index in [9.17, 15) is 5.11 Å². The number of anilines is 1. The summed E-state index contributed by atoms with van der Waals surface area (Å²) >= 11 is 17.7. The quantitative estimate of drug-likeness (QED) is 0.240. The van der Waals surface area contributed by atoms with Crippen LogP contribution in [0.5, 0.6) is 0 Å². The molecule has 0 atom stereocenters. The molecule has 6 heteroatoms. The summed E-state index contributed by atoms with van der Waals surface area (Å²) in [6.07, 6.45) is 3.62. The third-order valence-electron chi connectivity index (χ3n) is 3.92. The summed E-state index contributed by atoms with van der Waals surface area (Å²) in [6.45, 7) is 2.02. The Kier molecular flexibility index (Phi) is 6.11. The second kappa shape index (κ2) is 8.53. The van der Waals surface area contributed by atoms with Crippen molar-refractivity contribution in [3.05, 3.63) is 94.2 Å². The number of aliphatic hydroxyl groups is 1. The van der Waals surface area contributed by atoms with Crippen LogP contribution in [0.1, 0.15) is 11.1 Å². The largest absolute Gasteiger partial charge is 0.502 e. The van der Waals surface area contributed by atoms with Gasteiger partial charge in [-0.2, -0.15) is 4.57 Å². The number of halogens is 2. The lowest BCUT2D eigenvalue weighted by Gasteiger charge is -2.11. The third-order valence-corrected chi connectivity index (χ3v) is 4.95. The third kappa shape index (κ3) is 4.66. The number of pyridine rings is 1. The lowest BCUT2D eigenvalue weighted by molar-refractivity contribution is -0.575. The molecule has 27 heavy (non-hydrogen) atoms. The second-order valence-corrected chi connectivity index (χ2v) is 7.15. The minimum Gasteiger partial charge on any atom is -0.502 e. The van der Waals surface area contributed by atoms with Gasteiger partial charge < -0.3 is 10.4 Å². The van der Waals surface area contributed by atoms with Crippen molar-refractivity contribution < 1.29 is 9.67 Å². The van der Waals surface area contributed by atoms with Crippen LogP contribution in [0.2, 0.25) is 10.0 Å². The van der Waals surface area contributed by atoms with Crippen LogP contribution in [0.15, 0.2) is 73.1 Å². The standard InChI is InChI=1S/C21H16Cl2N2OS/c1-14-5-8-16(9-6-14)24-21(27)19(25-11-3-2-4-12-25)20(26)15-7-10-17(22)18(23)13-15/h2-13H,1H3,(H-,24,26,27)/p+1.